The predicted molar refractivity (Wildman–Crippen MR) is 73.3 cm³/mol. The van der Waals surface area contributed by atoms with Crippen molar-refractivity contribution in [3.05, 3.63) is 21.4 Å². The smallest absolute Gasteiger partial charge is 0.0300 e. The fraction of sp³-hybridized carbons (Fsp3) is 0.692. The molecular formula is C13H24N2S. The topological polar surface area (TPSA) is 24.1 Å². The van der Waals surface area contributed by atoms with Crippen LogP contribution in [0, 0.1) is 13.8 Å². The molecule has 2 N–H and O–H groups in total. The molecule has 92 valence electrons. The van der Waals surface area contributed by atoms with Crippen LogP contribution < -0.4 is 10.6 Å². The van der Waals surface area contributed by atoms with Crippen molar-refractivity contribution in [1.82, 2.24) is 10.6 Å². The summed E-state index contributed by atoms with van der Waals surface area (Å²) in [4.78, 5) is 2.88. The molecule has 16 heavy (non-hydrogen) atoms. The highest BCUT2D eigenvalue weighted by Gasteiger charge is 2.01. The fourth-order valence-corrected chi connectivity index (χ4v) is 2.52. The highest BCUT2D eigenvalue weighted by atomic mass is 32.1. The zero-order valence-electron chi connectivity index (χ0n) is 10.9. The molecule has 0 bridgehead atoms. The second-order valence-electron chi connectivity index (χ2n) is 4.39. The van der Waals surface area contributed by atoms with Gasteiger partial charge in [0.25, 0.3) is 0 Å². The molecule has 0 spiro atoms. The third-order valence-electron chi connectivity index (χ3n) is 2.92. The van der Waals surface area contributed by atoms with Gasteiger partial charge in [-0.3, -0.25) is 0 Å². The van der Waals surface area contributed by atoms with Crippen LogP contribution in [0.25, 0.3) is 0 Å². The molecule has 1 atom stereocenters. The number of aryl methyl sites for hydroxylation is 2. The van der Waals surface area contributed by atoms with Crippen LogP contribution in [0.4, 0.5) is 0 Å². The van der Waals surface area contributed by atoms with Crippen LogP contribution in [0.15, 0.2) is 6.07 Å². The summed E-state index contributed by atoms with van der Waals surface area (Å²) in [7, 11) is 0. The minimum Gasteiger partial charge on any atom is -0.313 e. The first-order valence-corrected chi connectivity index (χ1v) is 6.95. The molecule has 0 saturated carbocycles. The van der Waals surface area contributed by atoms with Gasteiger partial charge in [0.15, 0.2) is 0 Å². The quantitative estimate of drug-likeness (QED) is 0.716. The number of rotatable bonds is 7. The molecule has 1 unspecified atom stereocenters. The van der Waals surface area contributed by atoms with Crippen LogP contribution >= 0.6 is 11.3 Å². The molecule has 1 aromatic rings. The van der Waals surface area contributed by atoms with Crippen molar-refractivity contribution >= 4 is 11.3 Å². The van der Waals surface area contributed by atoms with E-state index in [1.165, 1.54) is 21.7 Å². The molecule has 1 aromatic heterocycles. The van der Waals surface area contributed by atoms with Gasteiger partial charge >= 0.3 is 0 Å². The second-order valence-corrected chi connectivity index (χ2v) is 5.73. The highest BCUT2D eigenvalue weighted by Crippen LogP contribution is 2.19. The largest absolute Gasteiger partial charge is 0.313 e. The predicted octanol–water partition coefficient (Wildman–Crippen LogP) is 2.84. The van der Waals surface area contributed by atoms with Gasteiger partial charge in [-0.25, -0.2) is 0 Å². The summed E-state index contributed by atoms with van der Waals surface area (Å²) in [6, 6.07) is 2.92. The van der Waals surface area contributed by atoms with Gasteiger partial charge < -0.3 is 10.6 Å². The summed E-state index contributed by atoms with van der Waals surface area (Å²) in [5, 5.41) is 6.95. The molecule has 1 rings (SSSR count). The lowest BCUT2D eigenvalue weighted by Gasteiger charge is -2.11. The Morgan fingerprint density at radius 1 is 1.31 bits per heavy atom. The van der Waals surface area contributed by atoms with E-state index in [-0.39, 0.29) is 0 Å². The van der Waals surface area contributed by atoms with Crippen LogP contribution in [-0.2, 0) is 6.54 Å². The first-order valence-electron chi connectivity index (χ1n) is 6.13. The number of hydrogen-bond donors (Lipinski definition) is 2. The summed E-state index contributed by atoms with van der Waals surface area (Å²) in [6.45, 7) is 11.9. The summed E-state index contributed by atoms with van der Waals surface area (Å²) in [5.41, 5.74) is 1.42. The molecule has 3 heteroatoms. The van der Waals surface area contributed by atoms with Gasteiger partial charge in [-0.1, -0.05) is 6.92 Å². The average Bonchev–Trinajstić information content (AvgIpc) is 2.57. The standard InChI is InChI=1S/C13H24N2S/c1-5-11(3)15-7-6-14-9-13-8-10(2)12(4)16-13/h8,11,14-15H,5-7,9H2,1-4H3. The summed E-state index contributed by atoms with van der Waals surface area (Å²) >= 11 is 1.90. The highest BCUT2D eigenvalue weighted by molar-refractivity contribution is 7.12. The molecule has 1 heterocycles. The number of hydrogen-bond acceptors (Lipinski definition) is 3. The maximum atomic E-state index is 3.48. The van der Waals surface area contributed by atoms with Gasteiger partial charge in [-0.15, -0.1) is 11.3 Å². The summed E-state index contributed by atoms with van der Waals surface area (Å²) < 4.78 is 0. The minimum atomic E-state index is 0.632. The maximum Gasteiger partial charge on any atom is 0.0300 e. The summed E-state index contributed by atoms with van der Waals surface area (Å²) in [6.07, 6.45) is 1.20. The van der Waals surface area contributed by atoms with E-state index in [0.717, 1.165) is 19.6 Å². The third-order valence-corrected chi connectivity index (χ3v) is 4.08. The van der Waals surface area contributed by atoms with E-state index in [4.69, 9.17) is 0 Å². The van der Waals surface area contributed by atoms with Crippen LogP contribution in [0.5, 0.6) is 0 Å². The zero-order chi connectivity index (χ0) is 12.0. The molecule has 0 aliphatic rings. The lowest BCUT2D eigenvalue weighted by Crippen LogP contribution is -2.32. The Hall–Kier alpha value is -0.380. The number of thiophene rings is 1. The van der Waals surface area contributed by atoms with Crippen LogP contribution in [0.1, 0.15) is 35.6 Å². The van der Waals surface area contributed by atoms with Crippen molar-refractivity contribution in [3.63, 3.8) is 0 Å². The van der Waals surface area contributed by atoms with Crippen LogP contribution in [0.2, 0.25) is 0 Å². The molecule has 2 nitrogen and oxygen atoms in total. The first kappa shape index (κ1) is 13.7. The minimum absolute atomic E-state index is 0.632. The van der Waals surface area contributed by atoms with Gasteiger partial charge in [0, 0.05) is 35.4 Å². The van der Waals surface area contributed by atoms with Gasteiger partial charge in [-0.2, -0.15) is 0 Å². The molecule has 0 aliphatic carbocycles. The Labute approximate surface area is 103 Å². The van der Waals surface area contributed by atoms with Crippen molar-refractivity contribution in [2.24, 2.45) is 0 Å². The van der Waals surface area contributed by atoms with Crippen molar-refractivity contribution < 1.29 is 0 Å². The fourth-order valence-electron chi connectivity index (χ4n) is 1.50. The van der Waals surface area contributed by atoms with E-state index < -0.39 is 0 Å². The van der Waals surface area contributed by atoms with Crippen LogP contribution in [-0.4, -0.2) is 19.1 Å². The Bertz CT molecular complexity index is 287. The first-order chi connectivity index (χ1) is 7.63. The van der Waals surface area contributed by atoms with Crippen molar-refractivity contribution in [1.29, 1.82) is 0 Å². The maximum absolute atomic E-state index is 3.48. The van der Waals surface area contributed by atoms with E-state index in [9.17, 15) is 0 Å². The van der Waals surface area contributed by atoms with E-state index in [2.05, 4.69) is 44.4 Å². The van der Waals surface area contributed by atoms with E-state index in [0.29, 0.717) is 6.04 Å². The zero-order valence-corrected chi connectivity index (χ0v) is 11.7. The van der Waals surface area contributed by atoms with E-state index >= 15 is 0 Å². The average molecular weight is 240 g/mol. The van der Waals surface area contributed by atoms with Gasteiger partial charge in [0.2, 0.25) is 0 Å². The summed E-state index contributed by atoms with van der Waals surface area (Å²) in [5.74, 6) is 0. The molecular weight excluding hydrogens is 216 g/mol. The van der Waals surface area contributed by atoms with Crippen LogP contribution in [0.3, 0.4) is 0 Å². The molecule has 0 aliphatic heterocycles. The normalized spacial score (nSPS) is 13.0. The van der Waals surface area contributed by atoms with E-state index in [1.807, 2.05) is 11.3 Å². The Kier molecular flexibility index (Phi) is 6.03. The SMILES string of the molecule is CCC(C)NCCNCc1cc(C)c(C)s1. The molecule has 0 aromatic carbocycles. The molecule has 0 radical (unpaired) electrons. The monoisotopic (exact) mass is 240 g/mol. The van der Waals surface area contributed by atoms with E-state index in [1.54, 1.807) is 0 Å². The molecule has 0 saturated heterocycles. The number of nitrogens with one attached hydrogen (secondary N) is 2. The lowest BCUT2D eigenvalue weighted by atomic mass is 10.2. The van der Waals surface area contributed by atoms with Gasteiger partial charge in [0.05, 0.1) is 0 Å². The van der Waals surface area contributed by atoms with Gasteiger partial charge in [-0.05, 0) is 38.8 Å². The van der Waals surface area contributed by atoms with Crippen molar-refractivity contribution in [2.45, 2.75) is 46.7 Å². The molecule has 0 fully saturated rings. The lowest BCUT2D eigenvalue weighted by molar-refractivity contribution is 0.518. The van der Waals surface area contributed by atoms with Crippen molar-refractivity contribution in [2.75, 3.05) is 13.1 Å². The Balaban J connectivity index is 2.11. The third kappa shape index (κ3) is 4.64. The van der Waals surface area contributed by atoms with Gasteiger partial charge in [0.1, 0.15) is 0 Å². The van der Waals surface area contributed by atoms with Crippen molar-refractivity contribution in [3.8, 4) is 0 Å². The second kappa shape index (κ2) is 7.05. The molecule has 0 amide bonds. The Morgan fingerprint density at radius 3 is 2.62 bits per heavy atom. The Morgan fingerprint density at radius 2 is 2.06 bits per heavy atom.